The van der Waals surface area contributed by atoms with Crippen LogP contribution in [0.15, 0.2) is 12.1 Å². The Morgan fingerprint density at radius 2 is 1.90 bits per heavy atom. The van der Waals surface area contributed by atoms with Crippen LogP contribution in [0.4, 0.5) is 5.69 Å². The molecule has 1 aromatic rings. The summed E-state index contributed by atoms with van der Waals surface area (Å²) >= 11 is 0. The fourth-order valence-corrected chi connectivity index (χ4v) is 2.31. The number of carbonyl (C=O) groups is 1. The molecule has 110 valence electrons. The summed E-state index contributed by atoms with van der Waals surface area (Å²) < 4.78 is 10.4. The minimum atomic E-state index is -0.0206. The Balaban J connectivity index is 2.32. The summed E-state index contributed by atoms with van der Waals surface area (Å²) in [6, 6.07) is 3.68. The van der Waals surface area contributed by atoms with Gasteiger partial charge in [0, 0.05) is 24.3 Å². The van der Waals surface area contributed by atoms with Gasteiger partial charge >= 0.3 is 0 Å². The molecule has 1 amide bonds. The van der Waals surface area contributed by atoms with Crippen LogP contribution >= 0.6 is 0 Å². The number of carbonyl (C=O) groups excluding carboxylic acids is 1. The van der Waals surface area contributed by atoms with E-state index < -0.39 is 0 Å². The van der Waals surface area contributed by atoms with Crippen LogP contribution in [0.3, 0.4) is 0 Å². The monoisotopic (exact) mass is 278 g/mol. The molecule has 1 aromatic carbocycles. The summed E-state index contributed by atoms with van der Waals surface area (Å²) in [5.74, 6) is 1.04. The van der Waals surface area contributed by atoms with Crippen molar-refractivity contribution in [1.82, 2.24) is 4.90 Å². The molecule has 5 heteroatoms. The molecule has 5 nitrogen and oxygen atoms in total. The predicted molar refractivity (Wildman–Crippen MR) is 78.3 cm³/mol. The molecule has 0 aliphatic heterocycles. The number of benzene rings is 1. The van der Waals surface area contributed by atoms with E-state index in [4.69, 9.17) is 15.2 Å². The number of amides is 1. The fourth-order valence-electron chi connectivity index (χ4n) is 2.31. The van der Waals surface area contributed by atoms with E-state index in [1.54, 1.807) is 26.4 Å². The van der Waals surface area contributed by atoms with Gasteiger partial charge in [0.05, 0.1) is 19.8 Å². The third-order valence-electron chi connectivity index (χ3n) is 3.50. The third kappa shape index (κ3) is 2.81. The maximum Gasteiger partial charge on any atom is 0.256 e. The molecular weight excluding hydrogens is 256 g/mol. The number of methoxy groups -OCH3 is 2. The number of hydrogen-bond acceptors (Lipinski definition) is 4. The van der Waals surface area contributed by atoms with Crippen molar-refractivity contribution in [3.05, 3.63) is 17.7 Å². The van der Waals surface area contributed by atoms with E-state index in [1.807, 2.05) is 4.90 Å². The first kappa shape index (κ1) is 14.5. The quantitative estimate of drug-likeness (QED) is 0.811. The Labute approximate surface area is 119 Å². The van der Waals surface area contributed by atoms with Crippen LogP contribution in [0.1, 0.15) is 36.5 Å². The van der Waals surface area contributed by atoms with Crippen molar-refractivity contribution in [2.24, 2.45) is 0 Å². The summed E-state index contributed by atoms with van der Waals surface area (Å²) in [7, 11) is 3.10. The maximum absolute atomic E-state index is 12.7. The molecule has 0 unspecified atom stereocenters. The number of hydrogen-bond donors (Lipinski definition) is 1. The second-order valence-electron chi connectivity index (χ2n) is 5.02. The standard InChI is InChI=1S/C15H22N2O3/c1-4-7-17(10-5-6-10)15(18)11-8-13(19-2)14(20-3)9-12(11)16/h8-10H,4-7,16H2,1-3H3. The topological polar surface area (TPSA) is 64.8 Å². The smallest absolute Gasteiger partial charge is 0.256 e. The Morgan fingerprint density at radius 3 is 2.40 bits per heavy atom. The van der Waals surface area contributed by atoms with Crippen LogP contribution in [0.25, 0.3) is 0 Å². The van der Waals surface area contributed by atoms with Crippen molar-refractivity contribution in [1.29, 1.82) is 0 Å². The van der Waals surface area contributed by atoms with E-state index in [9.17, 15) is 4.79 Å². The second kappa shape index (κ2) is 6.03. The lowest BCUT2D eigenvalue weighted by atomic mass is 10.1. The first-order valence-electron chi connectivity index (χ1n) is 6.94. The van der Waals surface area contributed by atoms with Crippen molar-refractivity contribution in [2.45, 2.75) is 32.2 Å². The van der Waals surface area contributed by atoms with E-state index >= 15 is 0 Å². The van der Waals surface area contributed by atoms with Crippen LogP contribution in [-0.2, 0) is 0 Å². The highest BCUT2D eigenvalue weighted by atomic mass is 16.5. The average molecular weight is 278 g/mol. The van der Waals surface area contributed by atoms with Crippen molar-refractivity contribution < 1.29 is 14.3 Å². The molecule has 0 heterocycles. The van der Waals surface area contributed by atoms with Crippen molar-refractivity contribution in [2.75, 3.05) is 26.5 Å². The SMILES string of the molecule is CCCN(C(=O)c1cc(OC)c(OC)cc1N)C1CC1. The van der Waals surface area contributed by atoms with Gasteiger partial charge in [0.1, 0.15) is 0 Å². The van der Waals surface area contributed by atoms with Crippen LogP contribution in [-0.4, -0.2) is 37.6 Å². The van der Waals surface area contributed by atoms with E-state index in [1.165, 1.54) is 0 Å². The average Bonchev–Trinajstić information content (AvgIpc) is 3.28. The number of ether oxygens (including phenoxy) is 2. The lowest BCUT2D eigenvalue weighted by Gasteiger charge is -2.23. The highest BCUT2D eigenvalue weighted by Crippen LogP contribution is 2.34. The highest BCUT2D eigenvalue weighted by Gasteiger charge is 2.33. The van der Waals surface area contributed by atoms with E-state index in [2.05, 4.69) is 6.92 Å². The number of rotatable bonds is 6. The van der Waals surface area contributed by atoms with Crippen LogP contribution in [0.2, 0.25) is 0 Å². The molecule has 1 aliphatic carbocycles. The molecule has 1 aliphatic rings. The summed E-state index contributed by atoms with van der Waals surface area (Å²) in [6.07, 6.45) is 3.10. The molecule has 0 aromatic heterocycles. The van der Waals surface area contributed by atoms with E-state index in [-0.39, 0.29) is 5.91 Å². The van der Waals surface area contributed by atoms with Crippen molar-refractivity contribution >= 4 is 11.6 Å². The molecule has 0 bridgehead atoms. The van der Waals surface area contributed by atoms with Gasteiger partial charge < -0.3 is 20.1 Å². The highest BCUT2D eigenvalue weighted by molar-refractivity contribution is 6.00. The van der Waals surface area contributed by atoms with Gasteiger partial charge in [-0.2, -0.15) is 0 Å². The summed E-state index contributed by atoms with van der Waals surface area (Å²) in [5, 5.41) is 0. The number of nitrogen functional groups attached to an aromatic ring is 1. The number of nitrogens with zero attached hydrogens (tertiary/aromatic N) is 1. The number of anilines is 1. The molecule has 1 fully saturated rings. The zero-order valence-corrected chi connectivity index (χ0v) is 12.3. The van der Waals surface area contributed by atoms with Gasteiger partial charge in [-0.05, 0) is 25.3 Å². The molecule has 2 N–H and O–H groups in total. The lowest BCUT2D eigenvalue weighted by molar-refractivity contribution is 0.0744. The maximum atomic E-state index is 12.7. The van der Waals surface area contributed by atoms with Gasteiger partial charge in [-0.25, -0.2) is 0 Å². The summed E-state index contributed by atoms with van der Waals surface area (Å²) in [4.78, 5) is 14.6. The fraction of sp³-hybridized carbons (Fsp3) is 0.533. The second-order valence-corrected chi connectivity index (χ2v) is 5.02. The molecule has 0 radical (unpaired) electrons. The zero-order valence-electron chi connectivity index (χ0n) is 12.3. The lowest BCUT2D eigenvalue weighted by Crippen LogP contribution is -2.34. The van der Waals surface area contributed by atoms with Gasteiger partial charge in [0.2, 0.25) is 0 Å². The summed E-state index contributed by atoms with van der Waals surface area (Å²) in [5.41, 5.74) is 6.91. The Bertz CT molecular complexity index is 498. The predicted octanol–water partition coefficient (Wildman–Crippen LogP) is 2.30. The Morgan fingerprint density at radius 1 is 1.30 bits per heavy atom. The molecule has 2 rings (SSSR count). The van der Waals surface area contributed by atoms with Crippen molar-refractivity contribution in [3.8, 4) is 11.5 Å². The number of nitrogens with two attached hydrogens (primary N) is 1. The molecule has 0 spiro atoms. The van der Waals surface area contributed by atoms with Crippen molar-refractivity contribution in [3.63, 3.8) is 0 Å². The molecule has 0 atom stereocenters. The molecule has 0 saturated heterocycles. The Hall–Kier alpha value is -1.91. The van der Waals surface area contributed by atoms with Crippen LogP contribution in [0, 0.1) is 0 Å². The van der Waals surface area contributed by atoms with Gasteiger partial charge in [0.15, 0.2) is 11.5 Å². The van der Waals surface area contributed by atoms with E-state index in [0.29, 0.717) is 28.8 Å². The zero-order chi connectivity index (χ0) is 14.7. The molecule has 20 heavy (non-hydrogen) atoms. The van der Waals surface area contributed by atoms with Gasteiger partial charge in [0.25, 0.3) is 5.91 Å². The van der Waals surface area contributed by atoms with Gasteiger partial charge in [-0.15, -0.1) is 0 Å². The van der Waals surface area contributed by atoms with Gasteiger partial charge in [-0.1, -0.05) is 6.92 Å². The minimum absolute atomic E-state index is 0.0206. The molecule has 1 saturated carbocycles. The first-order chi connectivity index (χ1) is 9.62. The van der Waals surface area contributed by atoms with Crippen LogP contribution in [0.5, 0.6) is 11.5 Å². The molecular formula is C15H22N2O3. The summed E-state index contributed by atoms with van der Waals surface area (Å²) in [6.45, 7) is 2.83. The normalized spacial score (nSPS) is 13.9. The van der Waals surface area contributed by atoms with Gasteiger partial charge in [-0.3, -0.25) is 4.79 Å². The first-order valence-corrected chi connectivity index (χ1v) is 6.94. The third-order valence-corrected chi connectivity index (χ3v) is 3.50. The Kier molecular flexibility index (Phi) is 4.37. The van der Waals surface area contributed by atoms with E-state index in [0.717, 1.165) is 25.8 Å². The largest absolute Gasteiger partial charge is 0.493 e. The minimum Gasteiger partial charge on any atom is -0.493 e. The van der Waals surface area contributed by atoms with Crippen LogP contribution < -0.4 is 15.2 Å².